The number of rotatable bonds is 5. The van der Waals surface area contributed by atoms with Gasteiger partial charge in [0.1, 0.15) is 6.10 Å². The molecule has 0 saturated carbocycles. The van der Waals surface area contributed by atoms with E-state index in [2.05, 4.69) is 13.8 Å². The lowest BCUT2D eigenvalue weighted by molar-refractivity contribution is -0.129. The van der Waals surface area contributed by atoms with Crippen LogP contribution in [0.15, 0.2) is 0 Å². The van der Waals surface area contributed by atoms with E-state index in [0.29, 0.717) is 18.1 Å². The van der Waals surface area contributed by atoms with Crippen molar-refractivity contribution in [2.24, 2.45) is 5.92 Å². The number of hydrogen-bond acceptors (Lipinski definition) is 2. The average Bonchev–Trinajstić information content (AvgIpc) is 2.51. The van der Waals surface area contributed by atoms with E-state index < -0.39 is 0 Å². The number of carbonyl (C=O) groups excluding carboxylic acids is 1. The standard InChI is InChI=1S/C12H22O2/c1-9(2)5-4-6-11(13)12-8-7-10(3)14-12/h9-10,12H,4-8H2,1-3H3. The predicted octanol–water partition coefficient (Wildman–Crippen LogP) is 2.95. The van der Waals surface area contributed by atoms with Gasteiger partial charge in [0.25, 0.3) is 0 Å². The van der Waals surface area contributed by atoms with E-state index in [1.54, 1.807) is 0 Å². The molecule has 0 aromatic heterocycles. The van der Waals surface area contributed by atoms with Crippen molar-refractivity contribution in [3.8, 4) is 0 Å². The third-order valence-corrected chi connectivity index (χ3v) is 2.80. The minimum atomic E-state index is -0.0860. The van der Waals surface area contributed by atoms with Gasteiger partial charge in [0.05, 0.1) is 6.10 Å². The zero-order valence-electron chi connectivity index (χ0n) is 9.58. The van der Waals surface area contributed by atoms with Crippen LogP contribution in [0.2, 0.25) is 0 Å². The van der Waals surface area contributed by atoms with Crippen molar-refractivity contribution in [2.75, 3.05) is 0 Å². The molecular weight excluding hydrogens is 176 g/mol. The molecule has 0 spiro atoms. The molecule has 0 aromatic carbocycles. The minimum Gasteiger partial charge on any atom is -0.368 e. The van der Waals surface area contributed by atoms with Gasteiger partial charge in [-0.2, -0.15) is 0 Å². The van der Waals surface area contributed by atoms with Crippen molar-refractivity contribution >= 4 is 5.78 Å². The third-order valence-electron chi connectivity index (χ3n) is 2.80. The number of Topliss-reactive ketones (excluding diaryl/α,β-unsaturated/α-hetero) is 1. The Balaban J connectivity index is 2.15. The second kappa shape index (κ2) is 5.50. The first-order valence-corrected chi connectivity index (χ1v) is 5.77. The Kier molecular flexibility index (Phi) is 4.59. The summed E-state index contributed by atoms with van der Waals surface area (Å²) in [6, 6.07) is 0. The zero-order valence-corrected chi connectivity index (χ0v) is 9.58. The molecule has 0 radical (unpaired) electrons. The van der Waals surface area contributed by atoms with Crippen LogP contribution in [0.5, 0.6) is 0 Å². The molecule has 1 saturated heterocycles. The fourth-order valence-electron chi connectivity index (χ4n) is 1.88. The highest BCUT2D eigenvalue weighted by Crippen LogP contribution is 2.21. The smallest absolute Gasteiger partial charge is 0.161 e. The van der Waals surface area contributed by atoms with Crippen LogP contribution in [-0.2, 0) is 9.53 Å². The molecular formula is C12H22O2. The van der Waals surface area contributed by atoms with Gasteiger partial charge in [-0.25, -0.2) is 0 Å². The van der Waals surface area contributed by atoms with Crippen molar-refractivity contribution in [3.63, 3.8) is 0 Å². The van der Waals surface area contributed by atoms with Crippen molar-refractivity contribution in [2.45, 2.75) is 65.1 Å². The van der Waals surface area contributed by atoms with Crippen LogP contribution in [0.4, 0.5) is 0 Å². The fraction of sp³-hybridized carbons (Fsp3) is 0.917. The van der Waals surface area contributed by atoms with Crippen molar-refractivity contribution < 1.29 is 9.53 Å². The summed E-state index contributed by atoms with van der Waals surface area (Å²) in [4.78, 5) is 11.6. The number of ether oxygens (including phenoxy) is 1. The number of carbonyl (C=O) groups is 1. The Morgan fingerprint density at radius 2 is 2.14 bits per heavy atom. The van der Waals surface area contributed by atoms with Gasteiger partial charge in [-0.05, 0) is 32.1 Å². The summed E-state index contributed by atoms with van der Waals surface area (Å²) in [6.07, 6.45) is 5.04. The molecule has 1 fully saturated rings. The molecule has 1 aliphatic rings. The van der Waals surface area contributed by atoms with Crippen molar-refractivity contribution in [1.82, 2.24) is 0 Å². The fourth-order valence-corrected chi connectivity index (χ4v) is 1.88. The molecule has 0 N–H and O–H groups in total. The van der Waals surface area contributed by atoms with Crippen LogP contribution >= 0.6 is 0 Å². The lowest BCUT2D eigenvalue weighted by Gasteiger charge is -2.10. The van der Waals surface area contributed by atoms with E-state index >= 15 is 0 Å². The molecule has 2 nitrogen and oxygen atoms in total. The first kappa shape index (κ1) is 11.7. The summed E-state index contributed by atoms with van der Waals surface area (Å²) in [5.41, 5.74) is 0. The maximum Gasteiger partial charge on any atom is 0.161 e. The lowest BCUT2D eigenvalue weighted by atomic mass is 10.0. The normalized spacial score (nSPS) is 27.1. The average molecular weight is 198 g/mol. The van der Waals surface area contributed by atoms with E-state index in [-0.39, 0.29) is 12.2 Å². The summed E-state index contributed by atoms with van der Waals surface area (Å²) in [5, 5.41) is 0. The Morgan fingerprint density at radius 3 is 2.64 bits per heavy atom. The maximum atomic E-state index is 11.6. The third kappa shape index (κ3) is 3.79. The monoisotopic (exact) mass is 198 g/mol. The highest BCUT2D eigenvalue weighted by molar-refractivity contribution is 5.83. The van der Waals surface area contributed by atoms with E-state index in [1.165, 1.54) is 0 Å². The predicted molar refractivity (Wildman–Crippen MR) is 57.3 cm³/mol. The van der Waals surface area contributed by atoms with E-state index in [1.807, 2.05) is 6.92 Å². The SMILES string of the molecule is CC(C)CCCC(=O)C1CCC(C)O1. The minimum absolute atomic E-state index is 0.0860. The van der Waals surface area contributed by atoms with Crippen LogP contribution in [-0.4, -0.2) is 18.0 Å². The van der Waals surface area contributed by atoms with Gasteiger partial charge in [0.15, 0.2) is 5.78 Å². The zero-order chi connectivity index (χ0) is 10.6. The van der Waals surface area contributed by atoms with Crippen LogP contribution in [0.3, 0.4) is 0 Å². The van der Waals surface area contributed by atoms with Gasteiger partial charge in [-0.15, -0.1) is 0 Å². The van der Waals surface area contributed by atoms with Gasteiger partial charge in [0.2, 0.25) is 0 Å². The second-order valence-electron chi connectivity index (χ2n) is 4.77. The summed E-state index contributed by atoms with van der Waals surface area (Å²) in [6.45, 7) is 6.43. The molecule has 0 aliphatic carbocycles. The molecule has 82 valence electrons. The van der Waals surface area contributed by atoms with Gasteiger partial charge in [0, 0.05) is 6.42 Å². The Hall–Kier alpha value is -0.370. The molecule has 1 aliphatic heterocycles. The topological polar surface area (TPSA) is 26.3 Å². The van der Waals surface area contributed by atoms with Gasteiger partial charge in [-0.1, -0.05) is 20.3 Å². The molecule has 1 heterocycles. The van der Waals surface area contributed by atoms with Crippen LogP contribution in [0.25, 0.3) is 0 Å². The van der Waals surface area contributed by atoms with E-state index in [4.69, 9.17) is 4.74 Å². The molecule has 0 amide bonds. The quantitative estimate of drug-likeness (QED) is 0.679. The molecule has 2 heteroatoms. The van der Waals surface area contributed by atoms with Crippen molar-refractivity contribution in [1.29, 1.82) is 0 Å². The lowest BCUT2D eigenvalue weighted by Crippen LogP contribution is -2.20. The molecule has 2 unspecified atom stereocenters. The summed E-state index contributed by atoms with van der Waals surface area (Å²) in [7, 11) is 0. The molecule has 1 rings (SSSR count). The van der Waals surface area contributed by atoms with Crippen molar-refractivity contribution in [3.05, 3.63) is 0 Å². The van der Waals surface area contributed by atoms with Gasteiger partial charge >= 0.3 is 0 Å². The first-order valence-electron chi connectivity index (χ1n) is 5.77. The second-order valence-corrected chi connectivity index (χ2v) is 4.77. The summed E-state index contributed by atoms with van der Waals surface area (Å²) < 4.78 is 5.53. The van der Waals surface area contributed by atoms with Crippen LogP contribution in [0, 0.1) is 5.92 Å². The first-order chi connectivity index (χ1) is 6.59. The van der Waals surface area contributed by atoms with Crippen LogP contribution in [0.1, 0.15) is 52.9 Å². The van der Waals surface area contributed by atoms with Crippen LogP contribution < -0.4 is 0 Å². The number of hydrogen-bond donors (Lipinski definition) is 0. The molecule has 0 bridgehead atoms. The maximum absolute atomic E-state index is 11.6. The van der Waals surface area contributed by atoms with E-state index in [9.17, 15) is 4.79 Å². The summed E-state index contributed by atoms with van der Waals surface area (Å²) in [5.74, 6) is 1.02. The summed E-state index contributed by atoms with van der Waals surface area (Å²) >= 11 is 0. The molecule has 0 aromatic rings. The van der Waals surface area contributed by atoms with E-state index in [0.717, 1.165) is 25.7 Å². The molecule has 14 heavy (non-hydrogen) atoms. The highest BCUT2D eigenvalue weighted by atomic mass is 16.5. The Morgan fingerprint density at radius 1 is 1.43 bits per heavy atom. The van der Waals surface area contributed by atoms with Gasteiger partial charge < -0.3 is 4.74 Å². The molecule has 2 atom stereocenters. The highest BCUT2D eigenvalue weighted by Gasteiger charge is 2.27. The Labute approximate surface area is 87.0 Å². The number of ketones is 1. The largest absolute Gasteiger partial charge is 0.368 e. The Bertz CT molecular complexity index is 187. The van der Waals surface area contributed by atoms with Gasteiger partial charge in [-0.3, -0.25) is 4.79 Å².